The Kier molecular flexibility index (Phi) is 6.17. The third kappa shape index (κ3) is 5.28. The molecule has 1 unspecified atom stereocenters. The third-order valence-corrected chi connectivity index (χ3v) is 5.21. The third-order valence-electron chi connectivity index (χ3n) is 4.97. The number of benzene rings is 1. The van der Waals surface area contributed by atoms with Crippen LogP contribution >= 0.6 is 11.6 Å². The van der Waals surface area contributed by atoms with Crippen molar-refractivity contribution in [2.75, 3.05) is 5.32 Å². The standard InChI is InChI=1S/C20H18ClF3N6O2/c21-12-4-6-17(30-26-8-9-27-30)14(10-12)19(31)29-16-3-1-2-15(16)28-18-7-5-13(11-25-18)32-20(22,23)24/h4-11,15-16H,1-3H2,(H,25,28)(H,29,31)/t15-,16?/m0/s1. The molecule has 2 atom stereocenters. The zero-order chi connectivity index (χ0) is 22.7. The Hall–Kier alpha value is -3.34. The maximum Gasteiger partial charge on any atom is 0.573 e. The summed E-state index contributed by atoms with van der Waals surface area (Å²) in [5.74, 6) is -0.352. The largest absolute Gasteiger partial charge is 0.573 e. The maximum atomic E-state index is 13.0. The molecule has 1 fully saturated rings. The van der Waals surface area contributed by atoms with E-state index in [1.165, 1.54) is 29.3 Å². The van der Waals surface area contributed by atoms with E-state index in [0.717, 1.165) is 25.5 Å². The lowest BCUT2D eigenvalue weighted by atomic mass is 10.1. The second-order valence-electron chi connectivity index (χ2n) is 7.17. The van der Waals surface area contributed by atoms with Gasteiger partial charge in [-0.15, -0.1) is 13.2 Å². The van der Waals surface area contributed by atoms with Crippen molar-refractivity contribution in [2.45, 2.75) is 37.7 Å². The van der Waals surface area contributed by atoms with Gasteiger partial charge in [0, 0.05) is 17.1 Å². The minimum atomic E-state index is -4.78. The highest BCUT2D eigenvalue weighted by molar-refractivity contribution is 6.31. The average Bonchev–Trinajstić information content (AvgIpc) is 3.41. The molecule has 0 bridgehead atoms. The van der Waals surface area contributed by atoms with E-state index < -0.39 is 12.1 Å². The molecule has 1 aromatic carbocycles. The number of aromatic nitrogens is 4. The van der Waals surface area contributed by atoms with Gasteiger partial charge in [0.2, 0.25) is 0 Å². The van der Waals surface area contributed by atoms with Gasteiger partial charge in [0.25, 0.3) is 5.91 Å². The number of halogens is 4. The molecule has 12 heteroatoms. The summed E-state index contributed by atoms with van der Waals surface area (Å²) in [5.41, 5.74) is 0.812. The van der Waals surface area contributed by atoms with Gasteiger partial charge in [-0.1, -0.05) is 11.6 Å². The van der Waals surface area contributed by atoms with Gasteiger partial charge in [-0.2, -0.15) is 15.0 Å². The molecule has 2 heterocycles. The van der Waals surface area contributed by atoms with E-state index in [0.29, 0.717) is 22.1 Å². The molecule has 2 N–H and O–H groups in total. The van der Waals surface area contributed by atoms with E-state index in [4.69, 9.17) is 11.6 Å². The number of amides is 1. The number of ether oxygens (including phenoxy) is 1. The minimum Gasteiger partial charge on any atom is -0.404 e. The summed E-state index contributed by atoms with van der Waals surface area (Å²) in [6, 6.07) is 7.08. The van der Waals surface area contributed by atoms with Crippen LogP contribution < -0.4 is 15.4 Å². The fourth-order valence-electron chi connectivity index (χ4n) is 3.61. The second-order valence-corrected chi connectivity index (χ2v) is 7.61. The number of hydrogen-bond acceptors (Lipinski definition) is 6. The second kappa shape index (κ2) is 9.03. The van der Waals surface area contributed by atoms with E-state index in [2.05, 4.69) is 30.6 Å². The highest BCUT2D eigenvalue weighted by atomic mass is 35.5. The van der Waals surface area contributed by atoms with Crippen molar-refractivity contribution < 1.29 is 22.7 Å². The van der Waals surface area contributed by atoms with Crippen molar-refractivity contribution in [3.05, 3.63) is 59.5 Å². The molecule has 2 aromatic heterocycles. The van der Waals surface area contributed by atoms with E-state index >= 15 is 0 Å². The zero-order valence-corrected chi connectivity index (χ0v) is 17.3. The maximum absolute atomic E-state index is 13.0. The van der Waals surface area contributed by atoms with Crippen molar-refractivity contribution in [2.24, 2.45) is 0 Å². The highest BCUT2D eigenvalue weighted by Crippen LogP contribution is 2.26. The summed E-state index contributed by atoms with van der Waals surface area (Å²) >= 11 is 6.10. The van der Waals surface area contributed by atoms with E-state index in [1.807, 2.05) is 0 Å². The molecule has 1 amide bonds. The minimum absolute atomic E-state index is 0.147. The average molecular weight is 467 g/mol. The molecule has 4 rings (SSSR count). The van der Waals surface area contributed by atoms with Crippen LogP contribution in [0.4, 0.5) is 19.0 Å². The predicted octanol–water partition coefficient (Wildman–Crippen LogP) is 3.98. The molecule has 1 aliphatic rings. The Bertz CT molecular complexity index is 1080. The van der Waals surface area contributed by atoms with E-state index in [9.17, 15) is 18.0 Å². The van der Waals surface area contributed by atoms with Crippen LogP contribution in [0.15, 0.2) is 48.9 Å². The first-order chi connectivity index (χ1) is 15.3. The molecule has 168 valence electrons. The number of nitrogens with one attached hydrogen (secondary N) is 2. The number of rotatable bonds is 6. The van der Waals surface area contributed by atoms with Crippen LogP contribution in [0.1, 0.15) is 29.6 Å². The van der Waals surface area contributed by atoms with E-state index in [1.54, 1.807) is 18.2 Å². The lowest BCUT2D eigenvalue weighted by molar-refractivity contribution is -0.274. The van der Waals surface area contributed by atoms with Gasteiger partial charge in [0.05, 0.1) is 29.8 Å². The highest BCUT2D eigenvalue weighted by Gasteiger charge is 2.32. The molecular weight excluding hydrogens is 449 g/mol. The first kappa shape index (κ1) is 21.9. The quantitative estimate of drug-likeness (QED) is 0.571. The van der Waals surface area contributed by atoms with Crippen molar-refractivity contribution >= 4 is 23.3 Å². The number of nitrogens with zero attached hydrogens (tertiary/aromatic N) is 4. The van der Waals surface area contributed by atoms with Crippen molar-refractivity contribution in [3.63, 3.8) is 0 Å². The number of anilines is 1. The van der Waals surface area contributed by atoms with Crippen LogP contribution in [0.25, 0.3) is 5.69 Å². The number of hydrogen-bond donors (Lipinski definition) is 2. The van der Waals surface area contributed by atoms with Crippen LogP contribution in [-0.2, 0) is 0 Å². The Morgan fingerprint density at radius 3 is 2.56 bits per heavy atom. The molecule has 0 radical (unpaired) electrons. The molecule has 0 aliphatic heterocycles. The lowest BCUT2D eigenvalue weighted by Crippen LogP contribution is -2.43. The molecule has 32 heavy (non-hydrogen) atoms. The Labute approximate surface area is 185 Å². The Balaban J connectivity index is 1.45. The molecule has 0 saturated heterocycles. The van der Waals surface area contributed by atoms with Crippen LogP contribution in [0, 0.1) is 0 Å². The summed E-state index contributed by atoms with van der Waals surface area (Å²) in [7, 11) is 0. The monoisotopic (exact) mass is 466 g/mol. The van der Waals surface area contributed by atoms with Gasteiger partial charge in [0.15, 0.2) is 0 Å². The van der Waals surface area contributed by atoms with Crippen LogP contribution in [0.5, 0.6) is 5.75 Å². The van der Waals surface area contributed by atoms with Crippen molar-refractivity contribution in [3.8, 4) is 11.4 Å². The predicted molar refractivity (Wildman–Crippen MR) is 110 cm³/mol. The molecule has 1 aliphatic carbocycles. The lowest BCUT2D eigenvalue weighted by Gasteiger charge is -2.23. The fourth-order valence-corrected chi connectivity index (χ4v) is 3.78. The smallest absolute Gasteiger partial charge is 0.404 e. The zero-order valence-electron chi connectivity index (χ0n) is 16.5. The summed E-state index contributed by atoms with van der Waals surface area (Å²) < 4.78 is 40.7. The van der Waals surface area contributed by atoms with E-state index in [-0.39, 0.29) is 18.0 Å². The normalized spacial score (nSPS) is 18.4. The summed E-state index contributed by atoms with van der Waals surface area (Å²) in [4.78, 5) is 18.3. The fraction of sp³-hybridized carbons (Fsp3) is 0.300. The van der Waals surface area contributed by atoms with Gasteiger partial charge in [0.1, 0.15) is 11.6 Å². The molecule has 1 saturated carbocycles. The topological polar surface area (TPSA) is 94.0 Å². The molecular formula is C20H18ClF3N6O2. The number of carbonyl (C=O) groups is 1. The Morgan fingerprint density at radius 1 is 1.12 bits per heavy atom. The summed E-state index contributed by atoms with van der Waals surface area (Å²) in [6.07, 6.45) is 1.58. The molecule has 8 nitrogen and oxygen atoms in total. The van der Waals surface area contributed by atoms with Crippen molar-refractivity contribution in [1.29, 1.82) is 0 Å². The van der Waals surface area contributed by atoms with Crippen LogP contribution in [0.2, 0.25) is 5.02 Å². The Morgan fingerprint density at radius 2 is 1.88 bits per heavy atom. The van der Waals surface area contributed by atoms with Gasteiger partial charge in [-0.25, -0.2) is 4.98 Å². The summed E-state index contributed by atoms with van der Waals surface area (Å²) in [6.45, 7) is 0. The first-order valence-corrected chi connectivity index (χ1v) is 10.1. The van der Waals surface area contributed by atoms with Gasteiger partial charge in [-0.05, 0) is 49.6 Å². The summed E-state index contributed by atoms with van der Waals surface area (Å²) in [5, 5.41) is 14.7. The van der Waals surface area contributed by atoms with Gasteiger partial charge in [-0.3, -0.25) is 4.79 Å². The van der Waals surface area contributed by atoms with Gasteiger partial charge >= 0.3 is 6.36 Å². The number of alkyl halides is 3. The first-order valence-electron chi connectivity index (χ1n) is 9.74. The molecule has 3 aromatic rings. The van der Waals surface area contributed by atoms with Crippen molar-refractivity contribution in [1.82, 2.24) is 25.3 Å². The molecule has 0 spiro atoms. The van der Waals surface area contributed by atoms with Crippen LogP contribution in [0.3, 0.4) is 0 Å². The SMILES string of the molecule is O=C(NC1CCC[C@@H]1Nc1ccc(OC(F)(F)F)cn1)c1cc(Cl)ccc1-n1nccn1. The number of pyridine rings is 1. The number of carbonyl (C=O) groups excluding carboxylic acids is 1. The van der Waals surface area contributed by atoms with Crippen LogP contribution in [-0.4, -0.2) is 44.3 Å². The van der Waals surface area contributed by atoms with Gasteiger partial charge < -0.3 is 15.4 Å².